The van der Waals surface area contributed by atoms with E-state index in [4.69, 9.17) is 0 Å². The Kier molecular flexibility index (Phi) is 4.03. The SMILES string of the molecule is CC(C)c1ccc[n+](CC(C)c2cncnc2)c1. The van der Waals surface area contributed by atoms with E-state index in [-0.39, 0.29) is 0 Å². The fraction of sp³-hybridized carbons (Fsp3) is 0.400. The van der Waals surface area contributed by atoms with Crippen molar-refractivity contribution >= 4 is 0 Å². The molecule has 3 heteroatoms. The van der Waals surface area contributed by atoms with Gasteiger partial charge in [-0.3, -0.25) is 0 Å². The molecule has 2 heterocycles. The first-order chi connectivity index (χ1) is 8.66. The molecule has 0 aliphatic rings. The van der Waals surface area contributed by atoms with E-state index < -0.39 is 0 Å². The number of hydrogen-bond acceptors (Lipinski definition) is 2. The predicted octanol–water partition coefficient (Wildman–Crippen LogP) is 2.69. The van der Waals surface area contributed by atoms with E-state index in [9.17, 15) is 0 Å². The van der Waals surface area contributed by atoms with Gasteiger partial charge in [0, 0.05) is 29.9 Å². The van der Waals surface area contributed by atoms with Crippen LogP contribution in [-0.4, -0.2) is 9.97 Å². The van der Waals surface area contributed by atoms with Crippen LogP contribution in [0.25, 0.3) is 0 Å². The summed E-state index contributed by atoms with van der Waals surface area (Å²) in [5.41, 5.74) is 2.55. The number of pyridine rings is 1. The lowest BCUT2D eigenvalue weighted by Gasteiger charge is -2.08. The highest BCUT2D eigenvalue weighted by atomic mass is 14.9. The maximum atomic E-state index is 4.07. The summed E-state index contributed by atoms with van der Waals surface area (Å²) < 4.78 is 2.24. The zero-order valence-corrected chi connectivity index (χ0v) is 11.2. The second-order valence-electron chi connectivity index (χ2n) is 5.06. The van der Waals surface area contributed by atoms with Gasteiger partial charge in [-0.25, -0.2) is 14.5 Å². The summed E-state index contributed by atoms with van der Waals surface area (Å²) in [4.78, 5) is 8.15. The van der Waals surface area contributed by atoms with Crippen LogP contribution in [0.15, 0.2) is 43.2 Å². The number of nitrogens with zero attached hydrogens (tertiary/aromatic N) is 3. The first-order valence-corrected chi connectivity index (χ1v) is 6.40. The molecular weight excluding hydrogens is 222 g/mol. The van der Waals surface area contributed by atoms with Gasteiger partial charge in [-0.1, -0.05) is 20.8 Å². The average molecular weight is 242 g/mol. The monoisotopic (exact) mass is 242 g/mol. The lowest BCUT2D eigenvalue weighted by Crippen LogP contribution is -2.36. The van der Waals surface area contributed by atoms with E-state index >= 15 is 0 Å². The van der Waals surface area contributed by atoms with Crippen molar-refractivity contribution in [3.8, 4) is 0 Å². The van der Waals surface area contributed by atoms with E-state index in [1.54, 1.807) is 6.33 Å². The van der Waals surface area contributed by atoms with Crippen molar-refractivity contribution in [1.82, 2.24) is 9.97 Å². The highest BCUT2D eigenvalue weighted by molar-refractivity contribution is 5.10. The Morgan fingerprint density at radius 1 is 1.11 bits per heavy atom. The van der Waals surface area contributed by atoms with Crippen molar-refractivity contribution in [3.63, 3.8) is 0 Å². The van der Waals surface area contributed by atoms with Crippen LogP contribution < -0.4 is 4.57 Å². The summed E-state index contributed by atoms with van der Waals surface area (Å²) in [6, 6.07) is 4.29. The highest BCUT2D eigenvalue weighted by Crippen LogP contribution is 2.14. The van der Waals surface area contributed by atoms with E-state index in [2.05, 4.69) is 59.8 Å². The molecule has 3 nitrogen and oxygen atoms in total. The van der Waals surface area contributed by atoms with Crippen LogP contribution in [-0.2, 0) is 6.54 Å². The second kappa shape index (κ2) is 5.71. The first kappa shape index (κ1) is 12.7. The molecule has 0 saturated carbocycles. The normalized spacial score (nSPS) is 12.7. The third-order valence-corrected chi connectivity index (χ3v) is 3.18. The Balaban J connectivity index is 2.12. The van der Waals surface area contributed by atoms with Gasteiger partial charge in [-0.05, 0) is 17.5 Å². The average Bonchev–Trinajstić information content (AvgIpc) is 2.40. The number of hydrogen-bond donors (Lipinski definition) is 0. The quantitative estimate of drug-likeness (QED) is 0.771. The summed E-state index contributed by atoms with van der Waals surface area (Å²) >= 11 is 0. The van der Waals surface area contributed by atoms with Gasteiger partial charge in [-0.15, -0.1) is 0 Å². The molecule has 0 N–H and O–H groups in total. The molecule has 2 rings (SSSR count). The maximum Gasteiger partial charge on any atom is 0.172 e. The van der Waals surface area contributed by atoms with Gasteiger partial charge in [0.1, 0.15) is 6.33 Å². The van der Waals surface area contributed by atoms with Gasteiger partial charge >= 0.3 is 0 Å². The zero-order valence-electron chi connectivity index (χ0n) is 11.2. The summed E-state index contributed by atoms with van der Waals surface area (Å²) in [6.45, 7) is 7.59. The molecule has 0 saturated heterocycles. The molecule has 2 aromatic rings. The van der Waals surface area contributed by atoms with Gasteiger partial charge in [0.25, 0.3) is 0 Å². The van der Waals surface area contributed by atoms with Crippen molar-refractivity contribution in [3.05, 3.63) is 54.4 Å². The minimum Gasteiger partial charge on any atom is -0.245 e. The summed E-state index contributed by atoms with van der Waals surface area (Å²) in [6.07, 6.45) is 9.70. The molecule has 0 aliphatic carbocycles. The molecule has 18 heavy (non-hydrogen) atoms. The van der Waals surface area contributed by atoms with Crippen LogP contribution in [0.4, 0.5) is 0 Å². The molecule has 0 aromatic carbocycles. The lowest BCUT2D eigenvalue weighted by atomic mass is 10.0. The third-order valence-electron chi connectivity index (χ3n) is 3.18. The molecule has 0 fully saturated rings. The fourth-order valence-corrected chi connectivity index (χ4v) is 1.98. The standard InChI is InChI=1S/C15H20N3/c1-12(2)14-5-4-6-18(10-14)9-13(3)15-7-16-11-17-8-15/h4-8,10-13H,9H2,1-3H3/q+1. The van der Waals surface area contributed by atoms with Gasteiger partial charge in [0.2, 0.25) is 0 Å². The minimum absolute atomic E-state index is 0.415. The molecule has 2 aromatic heterocycles. The van der Waals surface area contributed by atoms with E-state index in [0.717, 1.165) is 6.54 Å². The first-order valence-electron chi connectivity index (χ1n) is 6.40. The molecule has 1 unspecified atom stereocenters. The van der Waals surface area contributed by atoms with Crippen LogP contribution in [0, 0.1) is 0 Å². The molecule has 0 radical (unpaired) electrons. The van der Waals surface area contributed by atoms with Crippen LogP contribution >= 0.6 is 0 Å². The van der Waals surface area contributed by atoms with Crippen LogP contribution in [0.2, 0.25) is 0 Å². The molecular formula is C15H20N3+. The lowest BCUT2D eigenvalue weighted by molar-refractivity contribution is -0.699. The molecule has 0 spiro atoms. The summed E-state index contributed by atoms with van der Waals surface area (Å²) in [5.74, 6) is 0.978. The smallest absolute Gasteiger partial charge is 0.172 e. The van der Waals surface area contributed by atoms with Crippen molar-refractivity contribution in [1.29, 1.82) is 0 Å². The molecule has 0 aliphatic heterocycles. The minimum atomic E-state index is 0.415. The van der Waals surface area contributed by atoms with E-state index in [1.807, 2.05) is 12.4 Å². The second-order valence-corrected chi connectivity index (χ2v) is 5.06. The van der Waals surface area contributed by atoms with Crippen molar-refractivity contribution in [2.45, 2.75) is 39.2 Å². The topological polar surface area (TPSA) is 29.7 Å². The van der Waals surface area contributed by atoms with Gasteiger partial charge < -0.3 is 0 Å². The van der Waals surface area contributed by atoms with Crippen LogP contribution in [0.1, 0.15) is 43.7 Å². The van der Waals surface area contributed by atoms with Crippen molar-refractivity contribution in [2.75, 3.05) is 0 Å². The van der Waals surface area contributed by atoms with Gasteiger partial charge in [0.15, 0.2) is 18.9 Å². The van der Waals surface area contributed by atoms with Gasteiger partial charge in [-0.2, -0.15) is 0 Å². The molecule has 0 bridgehead atoms. The Bertz CT molecular complexity index is 494. The molecule has 94 valence electrons. The third kappa shape index (κ3) is 3.13. The highest BCUT2D eigenvalue weighted by Gasteiger charge is 2.13. The van der Waals surface area contributed by atoms with Crippen LogP contribution in [0.5, 0.6) is 0 Å². The molecule has 0 amide bonds. The Hall–Kier alpha value is -1.77. The predicted molar refractivity (Wildman–Crippen MR) is 71.2 cm³/mol. The number of rotatable bonds is 4. The Morgan fingerprint density at radius 3 is 2.50 bits per heavy atom. The summed E-state index contributed by atoms with van der Waals surface area (Å²) in [5, 5.41) is 0. The fourth-order valence-electron chi connectivity index (χ4n) is 1.98. The van der Waals surface area contributed by atoms with E-state index in [0.29, 0.717) is 11.8 Å². The van der Waals surface area contributed by atoms with Crippen molar-refractivity contribution in [2.24, 2.45) is 0 Å². The number of aromatic nitrogens is 3. The zero-order chi connectivity index (χ0) is 13.0. The Morgan fingerprint density at radius 2 is 1.83 bits per heavy atom. The largest absolute Gasteiger partial charge is 0.245 e. The van der Waals surface area contributed by atoms with Crippen molar-refractivity contribution < 1.29 is 4.57 Å². The summed E-state index contributed by atoms with van der Waals surface area (Å²) in [7, 11) is 0. The van der Waals surface area contributed by atoms with Gasteiger partial charge in [0.05, 0.1) is 0 Å². The van der Waals surface area contributed by atoms with E-state index in [1.165, 1.54) is 11.1 Å². The molecule has 1 atom stereocenters. The Labute approximate surface area is 109 Å². The van der Waals surface area contributed by atoms with Crippen LogP contribution in [0.3, 0.4) is 0 Å². The maximum absolute atomic E-state index is 4.07.